The van der Waals surface area contributed by atoms with Gasteiger partial charge >= 0.3 is 0 Å². The minimum Gasteiger partial charge on any atom is -0.491 e. The number of hydrogen-bond donors (Lipinski definition) is 2. The first kappa shape index (κ1) is 16.8. The number of aromatic amines is 2. The lowest BCUT2D eigenvalue weighted by molar-refractivity contribution is 0.0691. The van der Waals surface area contributed by atoms with Crippen molar-refractivity contribution in [2.24, 2.45) is 0 Å². The average molecular weight is 339 g/mol. The van der Waals surface area contributed by atoms with E-state index in [1.807, 2.05) is 38.1 Å². The van der Waals surface area contributed by atoms with Crippen LogP contribution < -0.4 is 4.74 Å². The monoisotopic (exact) mass is 339 g/mol. The molecule has 0 aliphatic carbocycles. The molecule has 3 rings (SSSR count). The summed E-state index contributed by atoms with van der Waals surface area (Å²) in [4.78, 5) is 20.6. The maximum absolute atomic E-state index is 12.3. The second-order valence-electron chi connectivity index (χ2n) is 5.98. The Hall–Kier alpha value is -3.09. The molecule has 0 saturated heterocycles. The lowest BCUT2D eigenvalue weighted by Gasteiger charge is -2.24. The van der Waals surface area contributed by atoms with Crippen molar-refractivity contribution >= 4 is 5.91 Å². The third-order valence-electron chi connectivity index (χ3n) is 4.18. The van der Waals surface area contributed by atoms with Crippen LogP contribution in [0.4, 0.5) is 0 Å². The summed E-state index contributed by atoms with van der Waals surface area (Å²) in [6.45, 7) is 4.32. The zero-order valence-electron chi connectivity index (χ0n) is 14.5. The van der Waals surface area contributed by atoms with Gasteiger partial charge in [-0.05, 0) is 31.5 Å². The molecule has 25 heavy (non-hydrogen) atoms. The van der Waals surface area contributed by atoms with E-state index >= 15 is 0 Å². The second-order valence-corrected chi connectivity index (χ2v) is 5.98. The van der Waals surface area contributed by atoms with Crippen LogP contribution in [0, 0.1) is 6.92 Å². The number of rotatable bonds is 6. The molecule has 0 radical (unpaired) electrons. The molecule has 0 aliphatic heterocycles. The lowest BCUT2D eigenvalue weighted by Crippen LogP contribution is -2.39. The van der Waals surface area contributed by atoms with Crippen molar-refractivity contribution in [2.45, 2.75) is 19.9 Å². The van der Waals surface area contributed by atoms with Gasteiger partial charge in [-0.2, -0.15) is 5.10 Å². The SMILES string of the molecule is Cc1[nH]ncc1-c1cccc(OC[C@@H](C)N(C)C(=O)c2cnc[nH]2)c1. The predicted octanol–water partition coefficient (Wildman–Crippen LogP) is 2.65. The van der Waals surface area contributed by atoms with Crippen LogP contribution in [0.15, 0.2) is 43.0 Å². The normalized spacial score (nSPS) is 12.0. The maximum atomic E-state index is 12.3. The van der Waals surface area contributed by atoms with Crippen molar-refractivity contribution in [3.63, 3.8) is 0 Å². The van der Waals surface area contributed by atoms with Crippen LogP contribution in [0.2, 0.25) is 0 Å². The molecule has 7 nitrogen and oxygen atoms in total. The molecular weight excluding hydrogens is 318 g/mol. The summed E-state index contributed by atoms with van der Waals surface area (Å²) in [5.74, 6) is 0.642. The van der Waals surface area contributed by atoms with Crippen LogP contribution in [0.1, 0.15) is 23.1 Å². The van der Waals surface area contributed by atoms with Gasteiger partial charge in [-0.3, -0.25) is 9.89 Å². The first-order chi connectivity index (χ1) is 12.1. The van der Waals surface area contributed by atoms with Crippen LogP contribution >= 0.6 is 0 Å². The highest BCUT2D eigenvalue weighted by Gasteiger charge is 2.19. The van der Waals surface area contributed by atoms with Crippen molar-refractivity contribution in [1.82, 2.24) is 25.1 Å². The fraction of sp³-hybridized carbons (Fsp3) is 0.278. The lowest BCUT2D eigenvalue weighted by atomic mass is 10.1. The Morgan fingerprint density at radius 1 is 1.36 bits per heavy atom. The van der Waals surface area contributed by atoms with Crippen molar-refractivity contribution in [3.8, 4) is 16.9 Å². The number of aromatic nitrogens is 4. The predicted molar refractivity (Wildman–Crippen MR) is 94.4 cm³/mol. The summed E-state index contributed by atoms with van der Waals surface area (Å²) in [6, 6.07) is 7.75. The van der Waals surface area contributed by atoms with E-state index in [-0.39, 0.29) is 11.9 Å². The molecule has 1 aromatic carbocycles. The Kier molecular flexibility index (Phi) is 4.83. The number of amides is 1. The average Bonchev–Trinajstić information content (AvgIpc) is 3.30. The number of imidazole rings is 1. The number of ether oxygens (including phenoxy) is 1. The van der Waals surface area contributed by atoms with E-state index in [0.717, 1.165) is 22.6 Å². The van der Waals surface area contributed by atoms with E-state index in [0.29, 0.717) is 12.3 Å². The Balaban J connectivity index is 1.63. The molecule has 7 heteroatoms. The zero-order valence-corrected chi connectivity index (χ0v) is 14.5. The number of likely N-dealkylation sites (N-methyl/N-ethyl adjacent to an activating group) is 1. The molecule has 1 amide bonds. The van der Waals surface area contributed by atoms with Gasteiger partial charge in [-0.25, -0.2) is 4.98 Å². The van der Waals surface area contributed by atoms with Gasteiger partial charge in [0.05, 0.1) is 24.8 Å². The number of carbonyl (C=O) groups excluding carboxylic acids is 1. The van der Waals surface area contributed by atoms with Crippen LogP contribution in [0.25, 0.3) is 11.1 Å². The van der Waals surface area contributed by atoms with Gasteiger partial charge in [0.1, 0.15) is 18.1 Å². The molecule has 0 aliphatic rings. The van der Waals surface area contributed by atoms with Gasteiger partial charge in [-0.1, -0.05) is 12.1 Å². The number of aryl methyl sites for hydroxylation is 1. The largest absolute Gasteiger partial charge is 0.491 e. The van der Waals surface area contributed by atoms with Gasteiger partial charge in [0.15, 0.2) is 0 Å². The molecule has 2 heterocycles. The number of benzene rings is 1. The van der Waals surface area contributed by atoms with Gasteiger partial charge in [0.2, 0.25) is 0 Å². The second kappa shape index (κ2) is 7.21. The number of H-pyrrole nitrogens is 2. The minimum absolute atomic E-state index is 0.0879. The molecule has 2 N–H and O–H groups in total. The van der Waals surface area contributed by atoms with Crippen LogP contribution in [-0.2, 0) is 0 Å². The maximum Gasteiger partial charge on any atom is 0.272 e. The highest BCUT2D eigenvalue weighted by atomic mass is 16.5. The van der Waals surface area contributed by atoms with Crippen LogP contribution in [-0.4, -0.2) is 50.7 Å². The molecule has 0 fully saturated rings. The van der Waals surface area contributed by atoms with Gasteiger partial charge < -0.3 is 14.6 Å². The Labute approximate surface area is 146 Å². The van der Waals surface area contributed by atoms with Gasteiger partial charge in [-0.15, -0.1) is 0 Å². The van der Waals surface area contributed by atoms with Crippen LogP contribution in [0.3, 0.4) is 0 Å². The standard InChI is InChI=1S/C18H21N5O2/c1-12(23(3)18(24)17-9-19-11-20-17)10-25-15-6-4-5-14(7-15)16-8-21-22-13(16)2/h4-9,11-12H,10H2,1-3H3,(H,19,20)(H,21,22)/t12-/m1/s1. The summed E-state index contributed by atoms with van der Waals surface area (Å²) in [6.07, 6.45) is 4.81. The summed E-state index contributed by atoms with van der Waals surface area (Å²) in [7, 11) is 1.75. The van der Waals surface area contributed by atoms with Gasteiger partial charge in [0, 0.05) is 18.3 Å². The quantitative estimate of drug-likeness (QED) is 0.723. The fourth-order valence-electron chi connectivity index (χ4n) is 2.49. The Morgan fingerprint density at radius 2 is 2.20 bits per heavy atom. The van der Waals surface area contributed by atoms with Crippen LogP contribution in [0.5, 0.6) is 5.75 Å². The molecule has 3 aromatic rings. The Bertz CT molecular complexity index is 841. The van der Waals surface area contributed by atoms with Crippen molar-refractivity contribution in [2.75, 3.05) is 13.7 Å². The van der Waals surface area contributed by atoms with E-state index in [1.54, 1.807) is 18.1 Å². The smallest absolute Gasteiger partial charge is 0.272 e. The highest BCUT2D eigenvalue weighted by Crippen LogP contribution is 2.25. The third kappa shape index (κ3) is 3.71. The van der Waals surface area contributed by atoms with E-state index in [4.69, 9.17) is 4.74 Å². The molecule has 130 valence electrons. The van der Waals surface area contributed by atoms with Crippen molar-refractivity contribution in [1.29, 1.82) is 0 Å². The minimum atomic E-state index is -0.114. The van der Waals surface area contributed by atoms with E-state index in [2.05, 4.69) is 20.2 Å². The van der Waals surface area contributed by atoms with E-state index in [1.165, 1.54) is 12.5 Å². The topological polar surface area (TPSA) is 86.9 Å². The molecule has 0 unspecified atom stereocenters. The molecule has 1 atom stereocenters. The summed E-state index contributed by atoms with van der Waals surface area (Å²) >= 11 is 0. The zero-order chi connectivity index (χ0) is 17.8. The number of hydrogen-bond acceptors (Lipinski definition) is 4. The summed E-state index contributed by atoms with van der Waals surface area (Å²) in [5.41, 5.74) is 3.56. The van der Waals surface area contributed by atoms with Crippen molar-refractivity contribution < 1.29 is 9.53 Å². The highest BCUT2D eigenvalue weighted by molar-refractivity contribution is 5.92. The number of nitrogens with one attached hydrogen (secondary N) is 2. The Morgan fingerprint density at radius 3 is 2.88 bits per heavy atom. The van der Waals surface area contributed by atoms with E-state index in [9.17, 15) is 4.79 Å². The summed E-state index contributed by atoms with van der Waals surface area (Å²) < 4.78 is 5.88. The third-order valence-corrected chi connectivity index (χ3v) is 4.18. The first-order valence-electron chi connectivity index (χ1n) is 8.05. The molecular formula is C18H21N5O2. The van der Waals surface area contributed by atoms with Crippen molar-refractivity contribution in [3.05, 3.63) is 54.4 Å². The van der Waals surface area contributed by atoms with E-state index < -0.39 is 0 Å². The molecule has 0 bridgehead atoms. The number of nitrogens with zero attached hydrogens (tertiary/aromatic N) is 3. The summed E-state index contributed by atoms with van der Waals surface area (Å²) in [5, 5.41) is 6.99. The first-order valence-corrected chi connectivity index (χ1v) is 8.05. The molecule has 2 aromatic heterocycles. The molecule has 0 spiro atoms. The number of carbonyl (C=O) groups is 1. The molecule has 0 saturated carbocycles. The van der Waals surface area contributed by atoms with Gasteiger partial charge in [0.25, 0.3) is 5.91 Å². The fourth-order valence-corrected chi connectivity index (χ4v) is 2.49.